The van der Waals surface area contributed by atoms with Crippen molar-refractivity contribution in [1.29, 1.82) is 0 Å². The molecule has 1 aliphatic rings. The van der Waals surface area contributed by atoms with Gasteiger partial charge < -0.3 is 10.3 Å². The fourth-order valence-electron chi connectivity index (χ4n) is 2.55. The smallest absolute Gasteiger partial charge is 0.252 e. The van der Waals surface area contributed by atoms with Gasteiger partial charge in [0, 0.05) is 12.1 Å². The minimum Gasteiger partial charge on any atom is -0.367 e. The maximum atomic E-state index is 11.4. The lowest BCUT2D eigenvalue weighted by Gasteiger charge is -2.23. The summed E-state index contributed by atoms with van der Waals surface area (Å²) in [6.45, 7) is 4.09. The van der Waals surface area contributed by atoms with Crippen LogP contribution in [0.2, 0.25) is 0 Å². The molecule has 2 N–H and O–H groups in total. The molecule has 0 saturated heterocycles. The monoisotopic (exact) mass is 235 g/mol. The average Bonchev–Trinajstić information content (AvgIpc) is 2.43. The van der Waals surface area contributed by atoms with Crippen LogP contribution < -0.4 is 10.9 Å². The van der Waals surface area contributed by atoms with Gasteiger partial charge in [-0.3, -0.25) is 4.79 Å². The summed E-state index contributed by atoms with van der Waals surface area (Å²) in [6, 6.07) is 2.00. The Bertz CT molecular complexity index is 427. The second kappa shape index (κ2) is 5.34. The standard InChI is InChI=1S/C13H21N3O/c1-9-6-4-3-5-7-11(9)16-12-8-13(17)15-10(2)14-12/h8-9,11H,3-7H2,1-2H3,(H2,14,15,16,17). The van der Waals surface area contributed by atoms with E-state index in [0.717, 1.165) is 0 Å². The Morgan fingerprint density at radius 3 is 2.88 bits per heavy atom. The quantitative estimate of drug-likeness (QED) is 0.774. The summed E-state index contributed by atoms with van der Waals surface area (Å²) in [4.78, 5) is 18.4. The van der Waals surface area contributed by atoms with Crippen molar-refractivity contribution in [2.45, 2.75) is 52.0 Å². The minimum absolute atomic E-state index is 0.0822. The summed E-state index contributed by atoms with van der Waals surface area (Å²) in [5.41, 5.74) is -0.0822. The van der Waals surface area contributed by atoms with Gasteiger partial charge in [-0.15, -0.1) is 0 Å². The molecule has 0 bridgehead atoms. The molecule has 0 aliphatic heterocycles. The lowest BCUT2D eigenvalue weighted by atomic mass is 9.97. The number of aryl methyl sites for hydroxylation is 1. The predicted molar refractivity (Wildman–Crippen MR) is 69.3 cm³/mol. The summed E-state index contributed by atoms with van der Waals surface area (Å²) in [7, 11) is 0. The van der Waals surface area contributed by atoms with Gasteiger partial charge in [0.25, 0.3) is 5.56 Å². The molecule has 94 valence electrons. The van der Waals surface area contributed by atoms with Crippen molar-refractivity contribution in [3.63, 3.8) is 0 Å². The van der Waals surface area contributed by atoms with E-state index >= 15 is 0 Å². The molecule has 0 spiro atoms. The van der Waals surface area contributed by atoms with Crippen LogP contribution in [0.4, 0.5) is 5.82 Å². The molecule has 1 aromatic rings. The molecule has 1 fully saturated rings. The second-order valence-electron chi connectivity index (χ2n) is 5.08. The zero-order valence-corrected chi connectivity index (χ0v) is 10.6. The normalized spacial score (nSPS) is 25.3. The lowest BCUT2D eigenvalue weighted by molar-refractivity contribution is 0.455. The first-order chi connectivity index (χ1) is 8.15. The fraction of sp³-hybridized carbons (Fsp3) is 0.692. The van der Waals surface area contributed by atoms with E-state index < -0.39 is 0 Å². The van der Waals surface area contributed by atoms with Crippen molar-refractivity contribution in [3.05, 3.63) is 22.2 Å². The summed E-state index contributed by atoms with van der Waals surface area (Å²) in [5, 5.41) is 3.42. The Kier molecular flexibility index (Phi) is 3.82. The van der Waals surface area contributed by atoms with E-state index in [9.17, 15) is 4.79 Å². The number of nitrogens with zero attached hydrogens (tertiary/aromatic N) is 1. The first-order valence-corrected chi connectivity index (χ1v) is 6.49. The molecule has 4 nitrogen and oxygen atoms in total. The molecule has 1 saturated carbocycles. The highest BCUT2D eigenvalue weighted by Gasteiger charge is 2.20. The first kappa shape index (κ1) is 12.1. The maximum absolute atomic E-state index is 11.4. The maximum Gasteiger partial charge on any atom is 0.252 e. The molecule has 0 amide bonds. The number of rotatable bonds is 2. The van der Waals surface area contributed by atoms with E-state index in [-0.39, 0.29) is 5.56 Å². The van der Waals surface area contributed by atoms with Crippen LogP contribution >= 0.6 is 0 Å². The fourth-order valence-corrected chi connectivity index (χ4v) is 2.55. The SMILES string of the molecule is Cc1nc(NC2CCCCCC2C)cc(=O)[nH]1. The number of aromatic amines is 1. The van der Waals surface area contributed by atoms with Crippen molar-refractivity contribution in [2.75, 3.05) is 5.32 Å². The zero-order chi connectivity index (χ0) is 12.3. The molecule has 4 heteroatoms. The summed E-state index contributed by atoms with van der Waals surface area (Å²) in [5.74, 6) is 2.03. The Hall–Kier alpha value is -1.32. The third-order valence-corrected chi connectivity index (χ3v) is 3.55. The number of hydrogen-bond acceptors (Lipinski definition) is 3. The van der Waals surface area contributed by atoms with Gasteiger partial charge in [-0.25, -0.2) is 4.98 Å². The Labute approximate surface area is 102 Å². The van der Waals surface area contributed by atoms with Crippen LogP contribution in [0.5, 0.6) is 0 Å². The predicted octanol–water partition coefficient (Wildman–Crippen LogP) is 2.46. The number of aromatic nitrogens is 2. The minimum atomic E-state index is -0.0822. The number of nitrogens with one attached hydrogen (secondary N) is 2. The molecular weight excluding hydrogens is 214 g/mol. The van der Waals surface area contributed by atoms with Gasteiger partial charge in [0.2, 0.25) is 0 Å². The molecule has 17 heavy (non-hydrogen) atoms. The number of H-pyrrole nitrogens is 1. The summed E-state index contributed by atoms with van der Waals surface area (Å²) in [6.07, 6.45) is 6.35. The third kappa shape index (κ3) is 3.32. The van der Waals surface area contributed by atoms with E-state index in [1.54, 1.807) is 6.07 Å². The van der Waals surface area contributed by atoms with Crippen LogP contribution in [-0.4, -0.2) is 16.0 Å². The highest BCUT2D eigenvalue weighted by atomic mass is 16.1. The summed E-state index contributed by atoms with van der Waals surface area (Å²) < 4.78 is 0. The van der Waals surface area contributed by atoms with Crippen LogP contribution in [0, 0.1) is 12.8 Å². The second-order valence-corrected chi connectivity index (χ2v) is 5.08. The van der Waals surface area contributed by atoms with Gasteiger partial charge in [0.05, 0.1) is 0 Å². The number of anilines is 1. The molecule has 2 rings (SSSR count). The van der Waals surface area contributed by atoms with Gasteiger partial charge in [-0.2, -0.15) is 0 Å². The first-order valence-electron chi connectivity index (χ1n) is 6.49. The average molecular weight is 235 g/mol. The van der Waals surface area contributed by atoms with E-state index in [4.69, 9.17) is 0 Å². The van der Waals surface area contributed by atoms with Gasteiger partial charge in [-0.05, 0) is 25.7 Å². The topological polar surface area (TPSA) is 57.8 Å². The molecule has 1 heterocycles. The largest absolute Gasteiger partial charge is 0.367 e. The Balaban J connectivity index is 2.10. The van der Waals surface area contributed by atoms with Gasteiger partial charge in [0.1, 0.15) is 11.6 Å². The molecule has 2 unspecified atom stereocenters. The third-order valence-electron chi connectivity index (χ3n) is 3.55. The van der Waals surface area contributed by atoms with E-state index in [1.165, 1.54) is 32.1 Å². The van der Waals surface area contributed by atoms with Gasteiger partial charge in [-0.1, -0.05) is 26.2 Å². The van der Waals surface area contributed by atoms with Gasteiger partial charge in [0.15, 0.2) is 0 Å². The van der Waals surface area contributed by atoms with Crippen molar-refractivity contribution >= 4 is 5.82 Å². The Morgan fingerprint density at radius 1 is 1.35 bits per heavy atom. The molecule has 2 atom stereocenters. The molecule has 0 aromatic carbocycles. The lowest BCUT2D eigenvalue weighted by Crippen LogP contribution is -2.27. The van der Waals surface area contributed by atoms with Gasteiger partial charge >= 0.3 is 0 Å². The highest BCUT2D eigenvalue weighted by molar-refractivity contribution is 5.34. The molecule has 0 radical (unpaired) electrons. The summed E-state index contributed by atoms with van der Waals surface area (Å²) >= 11 is 0. The van der Waals surface area contributed by atoms with Crippen LogP contribution in [-0.2, 0) is 0 Å². The number of hydrogen-bond donors (Lipinski definition) is 2. The van der Waals surface area contributed by atoms with Crippen molar-refractivity contribution in [1.82, 2.24) is 9.97 Å². The molecular formula is C13H21N3O. The highest BCUT2D eigenvalue weighted by Crippen LogP contribution is 2.25. The van der Waals surface area contributed by atoms with Crippen LogP contribution in [0.25, 0.3) is 0 Å². The van der Waals surface area contributed by atoms with Crippen molar-refractivity contribution in [2.24, 2.45) is 5.92 Å². The van der Waals surface area contributed by atoms with Crippen molar-refractivity contribution < 1.29 is 0 Å². The van der Waals surface area contributed by atoms with Crippen LogP contribution in [0.1, 0.15) is 44.9 Å². The van der Waals surface area contributed by atoms with E-state index in [2.05, 4.69) is 22.2 Å². The molecule has 1 aliphatic carbocycles. The zero-order valence-electron chi connectivity index (χ0n) is 10.6. The van der Waals surface area contributed by atoms with E-state index in [0.29, 0.717) is 23.6 Å². The molecule has 1 aromatic heterocycles. The van der Waals surface area contributed by atoms with Crippen molar-refractivity contribution in [3.8, 4) is 0 Å². The Morgan fingerprint density at radius 2 is 2.12 bits per heavy atom. The van der Waals surface area contributed by atoms with Crippen LogP contribution in [0.15, 0.2) is 10.9 Å². The van der Waals surface area contributed by atoms with E-state index in [1.807, 2.05) is 6.92 Å². The van der Waals surface area contributed by atoms with Crippen LogP contribution in [0.3, 0.4) is 0 Å².